The highest BCUT2D eigenvalue weighted by Gasteiger charge is 2.30. The standard InChI is InChI=1S/C20H26N4O2/c1-26-16-19(25)24(20-21-11-5-12-22-20)18-9-14-23(15-10-18)13-8-17-6-3-2-4-7-17/h2-7,11-12,18H,8-10,13-16H2,1H3. The van der Waals surface area contributed by atoms with Gasteiger partial charge in [0.25, 0.3) is 5.91 Å². The first kappa shape index (κ1) is 18.5. The molecule has 1 saturated heterocycles. The molecule has 0 aliphatic carbocycles. The van der Waals surface area contributed by atoms with Crippen LogP contribution in [0, 0.1) is 0 Å². The predicted octanol–water partition coefficient (Wildman–Crippen LogP) is 2.16. The lowest BCUT2D eigenvalue weighted by atomic mass is 10.0. The minimum atomic E-state index is -0.0820. The Labute approximate surface area is 154 Å². The summed E-state index contributed by atoms with van der Waals surface area (Å²) in [5.41, 5.74) is 1.37. The van der Waals surface area contributed by atoms with Crippen LogP contribution in [0.1, 0.15) is 18.4 Å². The molecule has 0 saturated carbocycles. The van der Waals surface area contributed by atoms with Crippen LogP contribution in [0.4, 0.5) is 5.95 Å². The van der Waals surface area contributed by atoms with Gasteiger partial charge in [-0.1, -0.05) is 30.3 Å². The fourth-order valence-corrected chi connectivity index (χ4v) is 3.42. The lowest BCUT2D eigenvalue weighted by Gasteiger charge is -2.37. The third-order valence-corrected chi connectivity index (χ3v) is 4.79. The Bertz CT molecular complexity index is 673. The van der Waals surface area contributed by atoms with Gasteiger partial charge in [0, 0.05) is 45.2 Å². The zero-order valence-electron chi connectivity index (χ0n) is 15.3. The van der Waals surface area contributed by atoms with Crippen molar-refractivity contribution in [2.24, 2.45) is 0 Å². The quantitative estimate of drug-likeness (QED) is 0.763. The van der Waals surface area contributed by atoms with Crippen molar-refractivity contribution in [2.45, 2.75) is 25.3 Å². The van der Waals surface area contributed by atoms with E-state index in [9.17, 15) is 4.79 Å². The highest BCUT2D eigenvalue weighted by molar-refractivity contribution is 5.93. The Balaban J connectivity index is 1.58. The fraction of sp³-hybridized carbons (Fsp3) is 0.450. The number of hydrogen-bond acceptors (Lipinski definition) is 5. The number of carbonyl (C=O) groups excluding carboxylic acids is 1. The van der Waals surface area contributed by atoms with E-state index in [1.54, 1.807) is 23.4 Å². The number of rotatable bonds is 7. The van der Waals surface area contributed by atoms with Gasteiger partial charge in [-0.15, -0.1) is 0 Å². The van der Waals surface area contributed by atoms with Crippen LogP contribution in [-0.4, -0.2) is 60.2 Å². The molecule has 1 aliphatic rings. The average molecular weight is 354 g/mol. The first-order valence-electron chi connectivity index (χ1n) is 9.12. The summed E-state index contributed by atoms with van der Waals surface area (Å²) in [4.78, 5) is 25.3. The maximum atomic E-state index is 12.5. The smallest absolute Gasteiger partial charge is 0.255 e. The van der Waals surface area contributed by atoms with Gasteiger partial charge in [-0.3, -0.25) is 9.69 Å². The largest absolute Gasteiger partial charge is 0.375 e. The van der Waals surface area contributed by atoms with Crippen LogP contribution in [-0.2, 0) is 16.0 Å². The van der Waals surface area contributed by atoms with Crippen molar-refractivity contribution in [3.8, 4) is 0 Å². The molecular weight excluding hydrogens is 328 g/mol. The molecular formula is C20H26N4O2. The minimum Gasteiger partial charge on any atom is -0.375 e. The topological polar surface area (TPSA) is 58.6 Å². The number of piperidine rings is 1. The van der Waals surface area contributed by atoms with E-state index < -0.39 is 0 Å². The summed E-state index contributed by atoms with van der Waals surface area (Å²) in [5, 5.41) is 0. The number of hydrogen-bond donors (Lipinski definition) is 0. The van der Waals surface area contributed by atoms with Gasteiger partial charge in [0.1, 0.15) is 6.61 Å². The third kappa shape index (κ3) is 4.86. The Morgan fingerprint density at radius 3 is 2.50 bits per heavy atom. The molecule has 1 aromatic carbocycles. The number of nitrogens with zero attached hydrogens (tertiary/aromatic N) is 4. The molecule has 0 unspecified atom stereocenters. The van der Waals surface area contributed by atoms with Crippen molar-refractivity contribution in [3.05, 3.63) is 54.4 Å². The van der Waals surface area contributed by atoms with Crippen LogP contribution in [0.5, 0.6) is 0 Å². The monoisotopic (exact) mass is 354 g/mol. The molecule has 1 aromatic heterocycles. The summed E-state index contributed by atoms with van der Waals surface area (Å²) in [6.07, 6.45) is 6.24. The summed E-state index contributed by atoms with van der Waals surface area (Å²) >= 11 is 0. The van der Waals surface area contributed by atoms with Crippen molar-refractivity contribution >= 4 is 11.9 Å². The van der Waals surface area contributed by atoms with E-state index in [-0.39, 0.29) is 18.6 Å². The van der Waals surface area contributed by atoms with Gasteiger partial charge in [0.15, 0.2) is 0 Å². The second-order valence-electron chi connectivity index (χ2n) is 6.55. The molecule has 0 radical (unpaired) electrons. The van der Waals surface area contributed by atoms with Crippen LogP contribution in [0.3, 0.4) is 0 Å². The molecule has 0 N–H and O–H groups in total. The van der Waals surface area contributed by atoms with E-state index in [0.29, 0.717) is 5.95 Å². The number of carbonyl (C=O) groups is 1. The number of ether oxygens (including phenoxy) is 1. The van der Waals surface area contributed by atoms with Gasteiger partial charge in [-0.2, -0.15) is 0 Å². The molecule has 1 aliphatic heterocycles. The molecule has 2 heterocycles. The normalized spacial score (nSPS) is 15.7. The molecule has 0 atom stereocenters. The van der Waals surface area contributed by atoms with E-state index in [1.807, 2.05) is 6.07 Å². The number of benzene rings is 1. The molecule has 2 aromatic rings. The van der Waals surface area contributed by atoms with E-state index in [4.69, 9.17) is 4.74 Å². The zero-order chi connectivity index (χ0) is 18.2. The first-order chi connectivity index (χ1) is 12.8. The molecule has 138 valence electrons. The Morgan fingerprint density at radius 2 is 1.85 bits per heavy atom. The number of anilines is 1. The number of aromatic nitrogens is 2. The van der Waals surface area contributed by atoms with Crippen LogP contribution in [0.2, 0.25) is 0 Å². The van der Waals surface area contributed by atoms with E-state index in [0.717, 1.165) is 38.9 Å². The van der Waals surface area contributed by atoms with Crippen LogP contribution < -0.4 is 4.90 Å². The maximum absolute atomic E-state index is 12.5. The maximum Gasteiger partial charge on any atom is 0.255 e. The molecule has 0 bridgehead atoms. The fourth-order valence-electron chi connectivity index (χ4n) is 3.42. The Morgan fingerprint density at radius 1 is 1.15 bits per heavy atom. The molecule has 26 heavy (non-hydrogen) atoms. The van der Waals surface area contributed by atoms with E-state index >= 15 is 0 Å². The van der Waals surface area contributed by atoms with Crippen LogP contribution in [0.15, 0.2) is 48.8 Å². The zero-order valence-corrected chi connectivity index (χ0v) is 15.3. The lowest BCUT2D eigenvalue weighted by molar-refractivity contribution is -0.123. The van der Waals surface area contributed by atoms with Gasteiger partial charge < -0.3 is 9.64 Å². The molecule has 1 amide bonds. The van der Waals surface area contributed by atoms with Gasteiger partial charge in [-0.25, -0.2) is 9.97 Å². The van der Waals surface area contributed by atoms with Crippen molar-refractivity contribution in [3.63, 3.8) is 0 Å². The van der Waals surface area contributed by atoms with Crippen LogP contribution >= 0.6 is 0 Å². The summed E-state index contributed by atoms with van der Waals surface area (Å²) in [5.74, 6) is 0.388. The molecule has 0 spiro atoms. The number of likely N-dealkylation sites (tertiary alicyclic amines) is 1. The Hall–Kier alpha value is -2.31. The summed E-state index contributed by atoms with van der Waals surface area (Å²) in [6.45, 7) is 3.04. The van der Waals surface area contributed by atoms with Gasteiger partial charge in [0.2, 0.25) is 5.95 Å². The lowest BCUT2D eigenvalue weighted by Crippen LogP contribution is -2.49. The molecule has 6 heteroatoms. The molecule has 6 nitrogen and oxygen atoms in total. The second-order valence-corrected chi connectivity index (χ2v) is 6.55. The minimum absolute atomic E-state index is 0.0481. The average Bonchev–Trinajstić information content (AvgIpc) is 2.69. The van der Waals surface area contributed by atoms with E-state index in [1.165, 1.54) is 12.7 Å². The predicted molar refractivity (Wildman–Crippen MR) is 101 cm³/mol. The highest BCUT2D eigenvalue weighted by Crippen LogP contribution is 2.21. The summed E-state index contributed by atoms with van der Waals surface area (Å²) in [6, 6.07) is 12.4. The highest BCUT2D eigenvalue weighted by atomic mass is 16.5. The van der Waals surface area contributed by atoms with Crippen LogP contribution in [0.25, 0.3) is 0 Å². The molecule has 1 fully saturated rings. The van der Waals surface area contributed by atoms with Gasteiger partial charge >= 0.3 is 0 Å². The Kier molecular flexibility index (Phi) is 6.68. The number of amides is 1. The second kappa shape index (κ2) is 9.40. The number of methoxy groups -OCH3 is 1. The summed E-state index contributed by atoms with van der Waals surface area (Å²) < 4.78 is 5.05. The molecule has 3 rings (SSSR count). The van der Waals surface area contributed by atoms with Crippen molar-refractivity contribution in [1.29, 1.82) is 0 Å². The van der Waals surface area contributed by atoms with Gasteiger partial charge in [-0.05, 0) is 30.9 Å². The van der Waals surface area contributed by atoms with Crippen molar-refractivity contribution < 1.29 is 9.53 Å². The van der Waals surface area contributed by atoms with E-state index in [2.05, 4.69) is 39.1 Å². The third-order valence-electron chi connectivity index (χ3n) is 4.79. The SMILES string of the molecule is COCC(=O)N(c1ncccn1)C1CCN(CCc2ccccc2)CC1. The first-order valence-corrected chi connectivity index (χ1v) is 9.12. The summed E-state index contributed by atoms with van der Waals surface area (Å²) in [7, 11) is 1.54. The van der Waals surface area contributed by atoms with Crippen molar-refractivity contribution in [2.75, 3.05) is 38.3 Å². The van der Waals surface area contributed by atoms with Gasteiger partial charge in [0.05, 0.1) is 0 Å². The van der Waals surface area contributed by atoms with Crippen molar-refractivity contribution in [1.82, 2.24) is 14.9 Å².